The number of alkyl halides is 3. The van der Waals surface area contributed by atoms with Crippen molar-refractivity contribution in [2.45, 2.75) is 19.1 Å². The number of benzene rings is 1. The van der Waals surface area contributed by atoms with Crippen molar-refractivity contribution < 1.29 is 22.7 Å². The molecule has 1 aliphatic heterocycles. The van der Waals surface area contributed by atoms with Gasteiger partial charge in [-0.05, 0) is 30.7 Å². The van der Waals surface area contributed by atoms with Crippen molar-refractivity contribution in [3.8, 4) is 0 Å². The molecule has 0 aliphatic carbocycles. The summed E-state index contributed by atoms with van der Waals surface area (Å²) in [6.07, 6.45) is -3.53. The largest absolute Gasteiger partial charge is 0.416 e. The maximum atomic E-state index is 12.9. The monoisotopic (exact) mass is 557 g/mol. The van der Waals surface area contributed by atoms with Gasteiger partial charge in [-0.2, -0.15) is 13.2 Å². The van der Waals surface area contributed by atoms with Crippen LogP contribution in [0.1, 0.15) is 17.5 Å². The van der Waals surface area contributed by atoms with Gasteiger partial charge in [-0.15, -0.1) is 24.0 Å². The van der Waals surface area contributed by atoms with E-state index in [2.05, 4.69) is 20.5 Å². The number of hydrogen-bond donors (Lipinski definition) is 2. The van der Waals surface area contributed by atoms with Gasteiger partial charge < -0.3 is 20.3 Å². The van der Waals surface area contributed by atoms with E-state index in [0.29, 0.717) is 18.1 Å². The molecule has 0 aromatic heterocycles. The molecule has 1 saturated heterocycles. The standard InChI is InChI=1S/C20H30F3N5O2.HI/c1-27(2)18(29)15-26-19(24-7-4-8-28-9-11-30-12-10-28)25-14-16-5-3-6-17(13-16)20(21,22)23;/h3,5-6,13H,4,7-12,14-15H2,1-2H3,(H2,24,25,26);1H. The number of rotatable bonds is 8. The van der Waals surface area contributed by atoms with E-state index in [4.69, 9.17) is 4.74 Å². The Balaban J connectivity index is 0.00000480. The Kier molecular flexibility index (Phi) is 12.2. The van der Waals surface area contributed by atoms with Crippen LogP contribution in [0.2, 0.25) is 0 Å². The third-order valence-corrected chi connectivity index (χ3v) is 4.63. The van der Waals surface area contributed by atoms with E-state index in [0.717, 1.165) is 51.4 Å². The summed E-state index contributed by atoms with van der Waals surface area (Å²) in [5, 5.41) is 6.10. The van der Waals surface area contributed by atoms with Crippen molar-refractivity contribution in [3.63, 3.8) is 0 Å². The Morgan fingerprint density at radius 3 is 2.58 bits per heavy atom. The first-order valence-corrected chi connectivity index (χ1v) is 9.94. The first-order chi connectivity index (χ1) is 14.3. The Hall–Kier alpha value is -1.60. The Morgan fingerprint density at radius 2 is 1.94 bits per heavy atom. The fraction of sp³-hybridized carbons (Fsp3) is 0.600. The maximum absolute atomic E-state index is 12.9. The van der Waals surface area contributed by atoms with E-state index in [1.54, 1.807) is 20.2 Å². The highest BCUT2D eigenvalue weighted by atomic mass is 127. The summed E-state index contributed by atoms with van der Waals surface area (Å²) in [5.41, 5.74) is -0.260. The van der Waals surface area contributed by atoms with Crippen LogP contribution in [-0.2, 0) is 22.3 Å². The number of likely N-dealkylation sites (N-methyl/N-ethyl adjacent to an activating group) is 1. The molecule has 11 heteroatoms. The molecule has 0 saturated carbocycles. The van der Waals surface area contributed by atoms with Crippen LogP contribution in [-0.4, -0.2) is 81.7 Å². The molecule has 176 valence electrons. The second-order valence-corrected chi connectivity index (χ2v) is 7.24. The number of ether oxygens (including phenoxy) is 1. The smallest absolute Gasteiger partial charge is 0.379 e. The number of halogens is 4. The third kappa shape index (κ3) is 10.5. The van der Waals surface area contributed by atoms with E-state index < -0.39 is 11.7 Å². The normalized spacial score (nSPS) is 15.2. The van der Waals surface area contributed by atoms with Gasteiger partial charge in [-0.3, -0.25) is 9.69 Å². The number of aliphatic imine (C=N–C) groups is 1. The number of morpholine rings is 1. The average Bonchev–Trinajstić information content (AvgIpc) is 2.72. The van der Waals surface area contributed by atoms with Crippen molar-refractivity contribution >= 4 is 35.8 Å². The zero-order chi connectivity index (χ0) is 22.0. The van der Waals surface area contributed by atoms with Gasteiger partial charge in [0.1, 0.15) is 0 Å². The molecule has 1 aromatic rings. The SMILES string of the molecule is CN(C)C(=O)CNC(=NCc1cccc(C(F)(F)F)c1)NCCCN1CCOCC1.I. The summed E-state index contributed by atoms with van der Waals surface area (Å²) in [6, 6.07) is 5.09. The fourth-order valence-corrected chi connectivity index (χ4v) is 2.84. The zero-order valence-electron chi connectivity index (χ0n) is 17.9. The molecule has 2 N–H and O–H groups in total. The summed E-state index contributed by atoms with van der Waals surface area (Å²) in [4.78, 5) is 20.0. The maximum Gasteiger partial charge on any atom is 0.416 e. The van der Waals surface area contributed by atoms with Crippen LogP contribution in [0.15, 0.2) is 29.3 Å². The van der Waals surface area contributed by atoms with Gasteiger partial charge in [0.15, 0.2) is 5.96 Å². The first-order valence-electron chi connectivity index (χ1n) is 9.94. The van der Waals surface area contributed by atoms with E-state index in [1.165, 1.54) is 11.0 Å². The van der Waals surface area contributed by atoms with Gasteiger partial charge in [-0.25, -0.2) is 4.99 Å². The molecule has 0 radical (unpaired) electrons. The van der Waals surface area contributed by atoms with Crippen LogP contribution in [0.25, 0.3) is 0 Å². The van der Waals surface area contributed by atoms with Gasteiger partial charge in [0, 0.05) is 33.7 Å². The summed E-state index contributed by atoms with van der Waals surface area (Å²) in [7, 11) is 3.30. The van der Waals surface area contributed by atoms with Crippen molar-refractivity contribution in [2.24, 2.45) is 4.99 Å². The van der Waals surface area contributed by atoms with Crippen molar-refractivity contribution in [3.05, 3.63) is 35.4 Å². The number of amides is 1. The highest BCUT2D eigenvalue weighted by molar-refractivity contribution is 14.0. The molecule has 0 spiro atoms. The van der Waals surface area contributed by atoms with Crippen LogP contribution < -0.4 is 10.6 Å². The fourth-order valence-electron chi connectivity index (χ4n) is 2.84. The van der Waals surface area contributed by atoms with Gasteiger partial charge >= 0.3 is 6.18 Å². The van der Waals surface area contributed by atoms with Gasteiger partial charge in [0.25, 0.3) is 0 Å². The lowest BCUT2D eigenvalue weighted by Gasteiger charge is -2.26. The molecular weight excluding hydrogens is 526 g/mol. The predicted molar refractivity (Wildman–Crippen MR) is 125 cm³/mol. The zero-order valence-corrected chi connectivity index (χ0v) is 20.2. The minimum absolute atomic E-state index is 0. The number of carbonyl (C=O) groups is 1. The van der Waals surface area contributed by atoms with E-state index in [1.807, 2.05) is 0 Å². The number of nitrogens with zero attached hydrogens (tertiary/aromatic N) is 3. The van der Waals surface area contributed by atoms with Crippen LogP contribution in [0, 0.1) is 0 Å². The second kappa shape index (κ2) is 13.7. The van der Waals surface area contributed by atoms with Gasteiger partial charge in [-0.1, -0.05) is 12.1 Å². The van der Waals surface area contributed by atoms with Crippen LogP contribution in [0.3, 0.4) is 0 Å². The Morgan fingerprint density at radius 1 is 1.23 bits per heavy atom. The lowest BCUT2D eigenvalue weighted by Crippen LogP contribution is -2.44. The predicted octanol–water partition coefficient (Wildman–Crippen LogP) is 2.17. The van der Waals surface area contributed by atoms with Crippen molar-refractivity contribution in [1.29, 1.82) is 0 Å². The number of nitrogens with one attached hydrogen (secondary N) is 2. The topological polar surface area (TPSA) is 69.2 Å². The number of guanidine groups is 1. The molecule has 1 heterocycles. The molecule has 31 heavy (non-hydrogen) atoms. The summed E-state index contributed by atoms with van der Waals surface area (Å²) < 4.78 is 44.0. The Bertz CT molecular complexity index is 710. The first kappa shape index (κ1) is 27.4. The van der Waals surface area contributed by atoms with Crippen molar-refractivity contribution in [2.75, 3.05) is 60.0 Å². The summed E-state index contributed by atoms with van der Waals surface area (Å²) in [5.74, 6) is 0.265. The molecule has 1 fully saturated rings. The molecule has 1 aromatic carbocycles. The van der Waals surface area contributed by atoms with Gasteiger partial charge in [0.2, 0.25) is 5.91 Å². The second-order valence-electron chi connectivity index (χ2n) is 7.24. The van der Waals surface area contributed by atoms with Crippen LogP contribution in [0.5, 0.6) is 0 Å². The van der Waals surface area contributed by atoms with E-state index in [-0.39, 0.29) is 43.0 Å². The van der Waals surface area contributed by atoms with Crippen LogP contribution >= 0.6 is 24.0 Å². The molecule has 7 nitrogen and oxygen atoms in total. The summed E-state index contributed by atoms with van der Waals surface area (Å²) in [6.45, 7) is 4.95. The van der Waals surface area contributed by atoms with Crippen LogP contribution in [0.4, 0.5) is 13.2 Å². The lowest BCUT2D eigenvalue weighted by molar-refractivity contribution is -0.137. The minimum Gasteiger partial charge on any atom is -0.379 e. The lowest BCUT2D eigenvalue weighted by atomic mass is 10.1. The Labute approximate surface area is 198 Å². The highest BCUT2D eigenvalue weighted by Gasteiger charge is 2.30. The number of hydrogen-bond acceptors (Lipinski definition) is 4. The molecule has 0 bridgehead atoms. The molecular formula is C20H31F3IN5O2. The quantitative estimate of drug-likeness (QED) is 0.222. The molecule has 0 unspecified atom stereocenters. The van der Waals surface area contributed by atoms with E-state index in [9.17, 15) is 18.0 Å². The van der Waals surface area contributed by atoms with Gasteiger partial charge in [0.05, 0.1) is 31.9 Å². The molecule has 1 aliphatic rings. The molecule has 1 amide bonds. The highest BCUT2D eigenvalue weighted by Crippen LogP contribution is 2.29. The number of carbonyl (C=O) groups excluding carboxylic acids is 1. The third-order valence-electron chi connectivity index (χ3n) is 4.63. The van der Waals surface area contributed by atoms with E-state index >= 15 is 0 Å². The molecule has 2 rings (SSSR count). The summed E-state index contributed by atoms with van der Waals surface area (Å²) >= 11 is 0. The molecule has 0 atom stereocenters. The van der Waals surface area contributed by atoms with Crippen molar-refractivity contribution in [1.82, 2.24) is 20.4 Å². The minimum atomic E-state index is -4.39. The average molecular weight is 557 g/mol.